The molecule has 0 bridgehead atoms. The van der Waals surface area contributed by atoms with Gasteiger partial charge in [-0.25, -0.2) is 0 Å². The normalized spacial score (nSPS) is 12.8. The molecular formula is C13H20ClN. The third-order valence-corrected chi connectivity index (χ3v) is 3.00. The van der Waals surface area contributed by atoms with Gasteiger partial charge in [-0.1, -0.05) is 49.9 Å². The lowest BCUT2D eigenvalue weighted by Crippen LogP contribution is -2.10. The summed E-state index contributed by atoms with van der Waals surface area (Å²) in [6, 6.07) is 6.19. The second-order valence-electron chi connectivity index (χ2n) is 4.13. The molecule has 84 valence electrons. The van der Waals surface area contributed by atoms with Crippen molar-refractivity contribution in [1.29, 1.82) is 0 Å². The van der Waals surface area contributed by atoms with Crippen molar-refractivity contribution in [3.8, 4) is 0 Å². The lowest BCUT2D eigenvalue weighted by atomic mass is 10.0. The molecule has 0 amide bonds. The summed E-state index contributed by atoms with van der Waals surface area (Å²) < 4.78 is 0. The largest absolute Gasteiger partial charge is 0.324 e. The van der Waals surface area contributed by atoms with Crippen molar-refractivity contribution in [2.24, 2.45) is 5.73 Å². The second-order valence-corrected chi connectivity index (χ2v) is 4.53. The zero-order chi connectivity index (χ0) is 11.3. The van der Waals surface area contributed by atoms with E-state index in [1.165, 1.54) is 24.8 Å². The number of unbranched alkanes of at least 4 members (excludes halogenated alkanes) is 2. The summed E-state index contributed by atoms with van der Waals surface area (Å²) in [7, 11) is 0. The van der Waals surface area contributed by atoms with Crippen molar-refractivity contribution < 1.29 is 0 Å². The van der Waals surface area contributed by atoms with Gasteiger partial charge in [-0.15, -0.1) is 0 Å². The fraction of sp³-hybridized carbons (Fsp3) is 0.538. The van der Waals surface area contributed by atoms with E-state index < -0.39 is 0 Å². The predicted octanol–water partition coefficient (Wildman–Crippen LogP) is 4.23. The smallest absolute Gasteiger partial charge is 0.0456 e. The fourth-order valence-electron chi connectivity index (χ4n) is 1.70. The van der Waals surface area contributed by atoms with E-state index in [4.69, 9.17) is 17.3 Å². The summed E-state index contributed by atoms with van der Waals surface area (Å²) in [5.41, 5.74) is 8.37. The molecule has 0 saturated heterocycles. The van der Waals surface area contributed by atoms with Crippen LogP contribution in [0.4, 0.5) is 0 Å². The van der Waals surface area contributed by atoms with Crippen LogP contribution in [0, 0.1) is 6.92 Å². The average molecular weight is 226 g/mol. The van der Waals surface area contributed by atoms with Crippen LogP contribution >= 0.6 is 11.6 Å². The first-order valence-electron chi connectivity index (χ1n) is 5.66. The monoisotopic (exact) mass is 225 g/mol. The van der Waals surface area contributed by atoms with E-state index in [0.717, 1.165) is 17.0 Å². The molecule has 0 fully saturated rings. The molecule has 15 heavy (non-hydrogen) atoms. The fourth-order valence-corrected chi connectivity index (χ4v) is 2.08. The zero-order valence-electron chi connectivity index (χ0n) is 9.59. The van der Waals surface area contributed by atoms with Crippen LogP contribution in [0.1, 0.15) is 49.8 Å². The summed E-state index contributed by atoms with van der Waals surface area (Å²) in [5, 5.41) is 0.805. The van der Waals surface area contributed by atoms with Crippen molar-refractivity contribution >= 4 is 11.6 Å². The van der Waals surface area contributed by atoms with Crippen molar-refractivity contribution in [3.05, 3.63) is 34.3 Å². The van der Waals surface area contributed by atoms with Crippen LogP contribution in [-0.2, 0) is 0 Å². The van der Waals surface area contributed by atoms with Crippen molar-refractivity contribution in [2.45, 2.75) is 45.6 Å². The van der Waals surface area contributed by atoms with E-state index in [9.17, 15) is 0 Å². The lowest BCUT2D eigenvalue weighted by molar-refractivity contribution is 0.581. The number of rotatable bonds is 5. The highest BCUT2D eigenvalue weighted by molar-refractivity contribution is 6.31. The molecule has 1 atom stereocenters. The predicted molar refractivity (Wildman–Crippen MR) is 67.3 cm³/mol. The molecule has 0 aliphatic carbocycles. The number of hydrogen-bond acceptors (Lipinski definition) is 1. The van der Waals surface area contributed by atoms with E-state index in [1.54, 1.807) is 0 Å². The molecule has 1 aromatic carbocycles. The van der Waals surface area contributed by atoms with E-state index >= 15 is 0 Å². The van der Waals surface area contributed by atoms with Crippen LogP contribution in [-0.4, -0.2) is 0 Å². The molecule has 0 saturated carbocycles. The molecule has 1 rings (SSSR count). The minimum Gasteiger partial charge on any atom is -0.324 e. The Kier molecular flexibility index (Phi) is 5.13. The van der Waals surface area contributed by atoms with Gasteiger partial charge in [0.2, 0.25) is 0 Å². The SMILES string of the molecule is CCCCCC(N)c1ccc(C)cc1Cl. The number of nitrogens with two attached hydrogens (primary N) is 1. The Morgan fingerprint density at radius 3 is 2.67 bits per heavy atom. The third-order valence-electron chi connectivity index (χ3n) is 2.67. The van der Waals surface area contributed by atoms with E-state index in [2.05, 4.69) is 13.0 Å². The molecule has 1 nitrogen and oxygen atoms in total. The molecule has 2 N–H and O–H groups in total. The van der Waals surface area contributed by atoms with Gasteiger partial charge in [-0.05, 0) is 30.5 Å². The Balaban J connectivity index is 2.61. The summed E-state index contributed by atoms with van der Waals surface area (Å²) in [4.78, 5) is 0. The van der Waals surface area contributed by atoms with Crippen molar-refractivity contribution in [3.63, 3.8) is 0 Å². The Hall–Kier alpha value is -0.530. The topological polar surface area (TPSA) is 26.0 Å². The molecule has 0 aliphatic heterocycles. The summed E-state index contributed by atoms with van der Waals surface area (Å²) in [6.45, 7) is 4.24. The molecule has 0 aromatic heterocycles. The maximum Gasteiger partial charge on any atom is 0.0456 e. The number of halogens is 1. The van der Waals surface area contributed by atoms with Crippen LogP contribution in [0.25, 0.3) is 0 Å². The number of hydrogen-bond donors (Lipinski definition) is 1. The number of aryl methyl sites for hydroxylation is 1. The van der Waals surface area contributed by atoms with Crippen LogP contribution in [0.5, 0.6) is 0 Å². The highest BCUT2D eigenvalue weighted by Gasteiger charge is 2.09. The zero-order valence-corrected chi connectivity index (χ0v) is 10.3. The summed E-state index contributed by atoms with van der Waals surface area (Å²) in [6.07, 6.45) is 4.68. The van der Waals surface area contributed by atoms with Gasteiger partial charge in [-0.2, -0.15) is 0 Å². The van der Waals surface area contributed by atoms with E-state index in [-0.39, 0.29) is 6.04 Å². The van der Waals surface area contributed by atoms with Crippen LogP contribution < -0.4 is 5.73 Å². The van der Waals surface area contributed by atoms with Crippen LogP contribution in [0.3, 0.4) is 0 Å². The molecule has 0 radical (unpaired) electrons. The van der Waals surface area contributed by atoms with Gasteiger partial charge in [0, 0.05) is 11.1 Å². The standard InChI is InChI=1S/C13H20ClN/c1-3-4-5-6-13(15)11-8-7-10(2)9-12(11)14/h7-9,13H,3-6,15H2,1-2H3. The maximum absolute atomic E-state index is 6.16. The van der Waals surface area contributed by atoms with Gasteiger partial charge < -0.3 is 5.73 Å². The van der Waals surface area contributed by atoms with E-state index in [0.29, 0.717) is 0 Å². The van der Waals surface area contributed by atoms with Gasteiger partial charge in [0.05, 0.1) is 0 Å². The maximum atomic E-state index is 6.16. The van der Waals surface area contributed by atoms with Gasteiger partial charge >= 0.3 is 0 Å². The highest BCUT2D eigenvalue weighted by atomic mass is 35.5. The minimum atomic E-state index is 0.0876. The van der Waals surface area contributed by atoms with Gasteiger partial charge in [0.15, 0.2) is 0 Å². The first-order valence-corrected chi connectivity index (χ1v) is 6.04. The molecule has 0 spiro atoms. The molecule has 0 heterocycles. The Morgan fingerprint density at radius 1 is 1.33 bits per heavy atom. The molecule has 0 aliphatic rings. The van der Waals surface area contributed by atoms with Gasteiger partial charge in [0.25, 0.3) is 0 Å². The second kappa shape index (κ2) is 6.14. The Morgan fingerprint density at radius 2 is 2.07 bits per heavy atom. The van der Waals surface area contributed by atoms with Gasteiger partial charge in [-0.3, -0.25) is 0 Å². The first kappa shape index (κ1) is 12.5. The van der Waals surface area contributed by atoms with Crippen LogP contribution in [0.15, 0.2) is 18.2 Å². The van der Waals surface area contributed by atoms with Crippen LogP contribution in [0.2, 0.25) is 5.02 Å². The van der Waals surface area contributed by atoms with Crippen molar-refractivity contribution in [2.75, 3.05) is 0 Å². The highest BCUT2D eigenvalue weighted by Crippen LogP contribution is 2.25. The summed E-state index contributed by atoms with van der Waals surface area (Å²) in [5.74, 6) is 0. The number of benzene rings is 1. The lowest BCUT2D eigenvalue weighted by Gasteiger charge is -2.13. The first-order chi connectivity index (χ1) is 7.15. The molecule has 1 aromatic rings. The molecular weight excluding hydrogens is 206 g/mol. The average Bonchev–Trinajstić information content (AvgIpc) is 2.17. The minimum absolute atomic E-state index is 0.0876. The Labute approximate surface area is 97.6 Å². The third kappa shape index (κ3) is 3.84. The molecule has 1 unspecified atom stereocenters. The Bertz CT molecular complexity index is 309. The summed E-state index contributed by atoms with van der Waals surface area (Å²) >= 11 is 6.16. The van der Waals surface area contributed by atoms with Crippen molar-refractivity contribution in [1.82, 2.24) is 0 Å². The van der Waals surface area contributed by atoms with Gasteiger partial charge in [0.1, 0.15) is 0 Å². The van der Waals surface area contributed by atoms with E-state index in [1.807, 2.05) is 19.1 Å². The quantitative estimate of drug-likeness (QED) is 0.746. The molecule has 2 heteroatoms.